The summed E-state index contributed by atoms with van der Waals surface area (Å²) in [5, 5.41) is 7.60. The number of methoxy groups -OCH3 is 1. The van der Waals surface area contributed by atoms with Crippen LogP contribution < -0.4 is 0 Å². The largest absolute Gasteiger partial charge is 0.478 e. The number of carbonyl (C=O) groups excluding carboxylic acids is 2. The molecule has 0 aliphatic heterocycles. The van der Waals surface area contributed by atoms with Gasteiger partial charge in [-0.15, -0.1) is 0 Å². The van der Waals surface area contributed by atoms with Crippen molar-refractivity contribution in [3.8, 4) is 0 Å². The molecular weight excluding hydrogens is 384 g/mol. The van der Waals surface area contributed by atoms with Gasteiger partial charge >= 0.3 is 17.9 Å². The normalized spacial score (nSPS) is 9.07. The molecule has 0 spiro atoms. The van der Waals surface area contributed by atoms with Crippen molar-refractivity contribution in [2.45, 2.75) is 85.0 Å². The molecule has 6 nitrogen and oxygen atoms in total. The Hall–Kier alpha value is -2.37. The number of carbonyl (C=O) groups is 3. The molecule has 30 heavy (non-hydrogen) atoms. The molecule has 1 N–H and O–H groups in total. The standard InChI is InChI=1S/C16H30O2.C5H8O2.C3H4O2/c1-4-5-6-7-8-9-10-11-12-13-14-18-16(17)15(2)3;1-4(2)5(6)7-3;1-2-3(4)5/h2,4-14H2,1,3H3;1H2,2-3H3;2H,1H2,(H,4,5). The molecule has 174 valence electrons. The highest BCUT2D eigenvalue weighted by atomic mass is 16.5. The number of ether oxygens (including phenoxy) is 2. The van der Waals surface area contributed by atoms with E-state index in [1.54, 1.807) is 13.8 Å². The molecule has 6 heteroatoms. The van der Waals surface area contributed by atoms with Gasteiger partial charge in [0.25, 0.3) is 0 Å². The molecule has 0 aliphatic carbocycles. The van der Waals surface area contributed by atoms with Crippen LogP contribution in [0.1, 0.15) is 85.0 Å². The predicted octanol–water partition coefficient (Wildman–Crippen LogP) is 6.02. The number of hydrogen-bond donors (Lipinski definition) is 1. The van der Waals surface area contributed by atoms with Crippen LogP contribution in [-0.2, 0) is 23.9 Å². The predicted molar refractivity (Wildman–Crippen MR) is 122 cm³/mol. The summed E-state index contributed by atoms with van der Waals surface area (Å²) in [6, 6.07) is 0. The highest BCUT2D eigenvalue weighted by Crippen LogP contribution is 2.10. The zero-order valence-corrected chi connectivity index (χ0v) is 19.5. The van der Waals surface area contributed by atoms with Crippen LogP contribution in [0, 0.1) is 0 Å². The molecule has 0 aromatic rings. The summed E-state index contributed by atoms with van der Waals surface area (Å²) in [7, 11) is 1.33. The number of hydrogen-bond acceptors (Lipinski definition) is 5. The number of carboxylic acid groups (broad SMARTS) is 1. The number of esters is 2. The maximum Gasteiger partial charge on any atom is 0.333 e. The molecule has 0 radical (unpaired) electrons. The first-order chi connectivity index (χ1) is 14.1. The van der Waals surface area contributed by atoms with Crippen molar-refractivity contribution < 1.29 is 29.0 Å². The SMILES string of the molecule is C=C(C)C(=O)OC.C=C(C)C(=O)OCCCCCCCCCCCC.C=CC(=O)O. The van der Waals surface area contributed by atoms with Crippen LogP contribution in [-0.4, -0.2) is 36.7 Å². The van der Waals surface area contributed by atoms with Gasteiger partial charge < -0.3 is 14.6 Å². The Morgan fingerprint density at radius 1 is 0.800 bits per heavy atom. The van der Waals surface area contributed by atoms with Gasteiger partial charge in [-0.05, 0) is 20.3 Å². The average molecular weight is 427 g/mol. The third kappa shape index (κ3) is 30.4. The summed E-state index contributed by atoms with van der Waals surface area (Å²) in [6.45, 7) is 15.9. The van der Waals surface area contributed by atoms with Gasteiger partial charge in [0.15, 0.2) is 0 Å². The van der Waals surface area contributed by atoms with Gasteiger partial charge in [-0.2, -0.15) is 0 Å². The van der Waals surface area contributed by atoms with Gasteiger partial charge in [-0.25, -0.2) is 14.4 Å². The van der Waals surface area contributed by atoms with Crippen molar-refractivity contribution in [2.24, 2.45) is 0 Å². The molecule has 0 fully saturated rings. The minimum Gasteiger partial charge on any atom is -0.478 e. The molecule has 0 unspecified atom stereocenters. The maximum absolute atomic E-state index is 11.1. The summed E-state index contributed by atoms with van der Waals surface area (Å²) in [5.41, 5.74) is 0.921. The topological polar surface area (TPSA) is 89.9 Å². The fourth-order valence-corrected chi connectivity index (χ4v) is 2.05. The number of unbranched alkanes of at least 4 members (excludes halogenated alkanes) is 9. The van der Waals surface area contributed by atoms with E-state index in [0.29, 0.717) is 17.8 Å². The van der Waals surface area contributed by atoms with E-state index in [4.69, 9.17) is 9.84 Å². The summed E-state index contributed by atoms with van der Waals surface area (Å²) in [6.07, 6.45) is 13.8. The first kappa shape index (κ1) is 32.3. The second-order valence-electron chi connectivity index (χ2n) is 6.91. The van der Waals surface area contributed by atoms with Gasteiger partial charge in [0.2, 0.25) is 0 Å². The van der Waals surface area contributed by atoms with Crippen molar-refractivity contribution in [2.75, 3.05) is 13.7 Å². The second kappa shape index (κ2) is 24.7. The minimum atomic E-state index is -0.981. The van der Waals surface area contributed by atoms with E-state index in [0.717, 1.165) is 12.5 Å². The van der Waals surface area contributed by atoms with Crippen molar-refractivity contribution in [1.82, 2.24) is 0 Å². The molecule has 0 saturated carbocycles. The lowest BCUT2D eigenvalue weighted by Gasteiger charge is -2.04. The number of aliphatic carboxylic acids is 1. The maximum atomic E-state index is 11.1. The van der Waals surface area contributed by atoms with E-state index < -0.39 is 5.97 Å². The molecular formula is C24H42O6. The van der Waals surface area contributed by atoms with Crippen LogP contribution in [0.15, 0.2) is 37.0 Å². The Morgan fingerprint density at radius 2 is 1.17 bits per heavy atom. The van der Waals surface area contributed by atoms with E-state index >= 15 is 0 Å². The summed E-state index contributed by atoms with van der Waals surface area (Å²) in [5.74, 6) is -1.59. The van der Waals surface area contributed by atoms with E-state index in [-0.39, 0.29) is 11.9 Å². The third-order valence-corrected chi connectivity index (χ3v) is 3.79. The first-order valence-electron chi connectivity index (χ1n) is 10.6. The van der Waals surface area contributed by atoms with E-state index in [2.05, 4.69) is 31.4 Å². The fourth-order valence-electron chi connectivity index (χ4n) is 2.05. The van der Waals surface area contributed by atoms with E-state index in [1.165, 1.54) is 64.9 Å². The highest BCUT2D eigenvalue weighted by molar-refractivity contribution is 5.87. The van der Waals surface area contributed by atoms with Gasteiger partial charge in [0, 0.05) is 17.2 Å². The molecule has 0 rings (SSSR count). The van der Waals surface area contributed by atoms with Crippen LogP contribution >= 0.6 is 0 Å². The second-order valence-corrected chi connectivity index (χ2v) is 6.91. The lowest BCUT2D eigenvalue weighted by molar-refractivity contribution is -0.139. The summed E-state index contributed by atoms with van der Waals surface area (Å²) in [4.78, 5) is 30.5. The number of rotatable bonds is 14. The van der Waals surface area contributed by atoms with Crippen LogP contribution in [0.2, 0.25) is 0 Å². The van der Waals surface area contributed by atoms with Crippen LogP contribution in [0.3, 0.4) is 0 Å². The molecule has 0 bridgehead atoms. The van der Waals surface area contributed by atoms with Gasteiger partial charge in [0.05, 0.1) is 13.7 Å². The number of carboxylic acids is 1. The Bertz CT molecular complexity index is 508. The zero-order valence-electron chi connectivity index (χ0n) is 19.5. The summed E-state index contributed by atoms with van der Waals surface area (Å²) >= 11 is 0. The minimum absolute atomic E-state index is 0.258. The molecule has 0 amide bonds. The van der Waals surface area contributed by atoms with Gasteiger partial charge in [-0.1, -0.05) is 84.4 Å². The van der Waals surface area contributed by atoms with Gasteiger partial charge in [0.1, 0.15) is 0 Å². The molecule has 0 saturated heterocycles. The van der Waals surface area contributed by atoms with Crippen LogP contribution in [0.4, 0.5) is 0 Å². The lowest BCUT2D eigenvalue weighted by Crippen LogP contribution is -2.05. The Labute approximate surface area is 183 Å². The van der Waals surface area contributed by atoms with Crippen LogP contribution in [0.5, 0.6) is 0 Å². The Morgan fingerprint density at radius 3 is 1.43 bits per heavy atom. The highest BCUT2D eigenvalue weighted by Gasteiger charge is 2.01. The van der Waals surface area contributed by atoms with Gasteiger partial charge in [-0.3, -0.25) is 0 Å². The van der Waals surface area contributed by atoms with Crippen molar-refractivity contribution >= 4 is 17.9 Å². The quantitative estimate of drug-likeness (QED) is 0.207. The smallest absolute Gasteiger partial charge is 0.333 e. The first-order valence-corrected chi connectivity index (χ1v) is 10.6. The Balaban J connectivity index is -0.000000496. The molecule has 0 heterocycles. The van der Waals surface area contributed by atoms with E-state index in [1.807, 2.05) is 0 Å². The molecule has 0 aromatic heterocycles. The Kier molecular flexibility index (Phi) is 26.6. The summed E-state index contributed by atoms with van der Waals surface area (Å²) < 4.78 is 9.31. The average Bonchev–Trinajstić information content (AvgIpc) is 2.71. The fraction of sp³-hybridized carbons (Fsp3) is 0.625. The third-order valence-electron chi connectivity index (χ3n) is 3.79. The van der Waals surface area contributed by atoms with Crippen molar-refractivity contribution in [3.05, 3.63) is 37.0 Å². The molecule has 0 aromatic carbocycles. The van der Waals surface area contributed by atoms with Crippen LogP contribution in [0.25, 0.3) is 0 Å². The van der Waals surface area contributed by atoms with Crippen molar-refractivity contribution in [1.29, 1.82) is 0 Å². The van der Waals surface area contributed by atoms with Crippen molar-refractivity contribution in [3.63, 3.8) is 0 Å². The monoisotopic (exact) mass is 426 g/mol. The lowest BCUT2D eigenvalue weighted by atomic mass is 10.1. The molecule has 0 aliphatic rings. The zero-order chi connectivity index (χ0) is 23.8. The van der Waals surface area contributed by atoms with E-state index in [9.17, 15) is 14.4 Å². The molecule has 0 atom stereocenters.